The molecular formula is C16H24N2O. The van der Waals surface area contributed by atoms with Crippen molar-refractivity contribution in [3.63, 3.8) is 0 Å². The number of ether oxygens (including phenoxy) is 1. The molecule has 1 aromatic rings. The summed E-state index contributed by atoms with van der Waals surface area (Å²) < 4.78 is 5.38. The molecule has 1 aliphatic heterocycles. The van der Waals surface area contributed by atoms with E-state index in [9.17, 15) is 0 Å². The summed E-state index contributed by atoms with van der Waals surface area (Å²) in [6, 6.07) is 7.20. The van der Waals surface area contributed by atoms with Gasteiger partial charge in [0, 0.05) is 12.6 Å². The maximum absolute atomic E-state index is 5.38. The first kappa shape index (κ1) is 12.9. The van der Waals surface area contributed by atoms with Crippen molar-refractivity contribution in [2.75, 3.05) is 33.8 Å². The third-order valence-electron chi connectivity index (χ3n) is 4.65. The summed E-state index contributed by atoms with van der Waals surface area (Å²) in [7, 11) is 3.81. The zero-order valence-corrected chi connectivity index (χ0v) is 12.0. The first-order chi connectivity index (χ1) is 9.31. The lowest BCUT2D eigenvalue weighted by Crippen LogP contribution is -2.27. The predicted octanol–water partition coefficient (Wildman–Crippen LogP) is 2.22. The van der Waals surface area contributed by atoms with Crippen LogP contribution in [0.5, 0.6) is 5.75 Å². The minimum absolute atomic E-state index is 0.618. The molecule has 1 heterocycles. The van der Waals surface area contributed by atoms with Crippen LogP contribution in [0, 0.1) is 5.92 Å². The Hall–Kier alpha value is -1.06. The Bertz CT molecular complexity index is 446. The molecule has 2 aliphatic rings. The Labute approximate surface area is 115 Å². The van der Waals surface area contributed by atoms with Gasteiger partial charge in [0.1, 0.15) is 5.75 Å². The van der Waals surface area contributed by atoms with Gasteiger partial charge in [0.05, 0.1) is 7.11 Å². The Kier molecular flexibility index (Phi) is 3.76. The van der Waals surface area contributed by atoms with Crippen LogP contribution >= 0.6 is 0 Å². The minimum Gasteiger partial charge on any atom is -0.497 e. The van der Waals surface area contributed by atoms with Crippen LogP contribution in [0.4, 0.5) is 0 Å². The summed E-state index contributed by atoms with van der Waals surface area (Å²) in [5, 5.41) is 3.31. The molecule has 3 rings (SSSR count). The third-order valence-corrected chi connectivity index (χ3v) is 4.65. The second-order valence-electron chi connectivity index (χ2n) is 5.83. The van der Waals surface area contributed by atoms with Crippen LogP contribution in [0.1, 0.15) is 30.0 Å². The first-order valence-electron chi connectivity index (χ1n) is 7.37. The molecule has 3 heteroatoms. The highest BCUT2D eigenvalue weighted by Gasteiger charge is 2.32. The second kappa shape index (κ2) is 5.51. The lowest BCUT2D eigenvalue weighted by Gasteiger charge is -2.25. The van der Waals surface area contributed by atoms with Crippen molar-refractivity contribution in [3.8, 4) is 5.75 Å². The van der Waals surface area contributed by atoms with Gasteiger partial charge >= 0.3 is 0 Å². The first-order valence-corrected chi connectivity index (χ1v) is 7.37. The third kappa shape index (κ3) is 2.49. The number of hydrogen-bond donors (Lipinski definition) is 1. The average Bonchev–Trinajstić information content (AvgIpc) is 3.04. The van der Waals surface area contributed by atoms with E-state index >= 15 is 0 Å². The molecule has 104 valence electrons. The average molecular weight is 260 g/mol. The van der Waals surface area contributed by atoms with E-state index in [1.165, 1.54) is 43.5 Å². The maximum Gasteiger partial charge on any atom is 0.119 e. The van der Waals surface area contributed by atoms with Crippen LogP contribution in [0.25, 0.3) is 0 Å². The van der Waals surface area contributed by atoms with Gasteiger partial charge in [-0.1, -0.05) is 6.07 Å². The van der Waals surface area contributed by atoms with Gasteiger partial charge in [-0.2, -0.15) is 0 Å². The van der Waals surface area contributed by atoms with E-state index in [1.807, 2.05) is 0 Å². The van der Waals surface area contributed by atoms with Crippen molar-refractivity contribution >= 4 is 0 Å². The van der Waals surface area contributed by atoms with Gasteiger partial charge < -0.3 is 10.1 Å². The van der Waals surface area contributed by atoms with Crippen LogP contribution in [-0.2, 0) is 6.42 Å². The van der Waals surface area contributed by atoms with Crippen LogP contribution in [0.3, 0.4) is 0 Å². The highest BCUT2D eigenvalue weighted by atomic mass is 16.5. The lowest BCUT2D eigenvalue weighted by molar-refractivity contribution is 0.235. The largest absolute Gasteiger partial charge is 0.497 e. The summed E-state index contributed by atoms with van der Waals surface area (Å²) >= 11 is 0. The molecule has 1 saturated heterocycles. The van der Waals surface area contributed by atoms with Crippen LogP contribution in [-0.4, -0.2) is 38.7 Å². The minimum atomic E-state index is 0.618. The van der Waals surface area contributed by atoms with E-state index < -0.39 is 0 Å². The van der Waals surface area contributed by atoms with Crippen molar-refractivity contribution in [1.29, 1.82) is 0 Å². The zero-order valence-electron chi connectivity index (χ0n) is 12.0. The van der Waals surface area contributed by atoms with Crippen molar-refractivity contribution in [1.82, 2.24) is 10.2 Å². The van der Waals surface area contributed by atoms with Gasteiger partial charge in [0.15, 0.2) is 0 Å². The zero-order chi connectivity index (χ0) is 13.2. The maximum atomic E-state index is 5.38. The molecule has 0 saturated carbocycles. The van der Waals surface area contributed by atoms with Gasteiger partial charge in [0.2, 0.25) is 0 Å². The molecule has 1 aromatic carbocycles. The Morgan fingerprint density at radius 2 is 2.26 bits per heavy atom. The quantitative estimate of drug-likeness (QED) is 0.898. The molecule has 0 bridgehead atoms. The van der Waals surface area contributed by atoms with Crippen LogP contribution < -0.4 is 10.1 Å². The molecule has 1 N–H and O–H groups in total. The molecule has 0 aromatic heterocycles. The normalized spacial score (nSPS) is 26.6. The molecule has 1 aliphatic carbocycles. The fourth-order valence-corrected chi connectivity index (χ4v) is 3.67. The molecule has 0 spiro atoms. The Morgan fingerprint density at radius 3 is 3.05 bits per heavy atom. The van der Waals surface area contributed by atoms with Gasteiger partial charge in [-0.15, -0.1) is 0 Å². The van der Waals surface area contributed by atoms with Crippen LogP contribution in [0.15, 0.2) is 18.2 Å². The molecule has 3 nitrogen and oxygen atoms in total. The molecule has 0 radical (unpaired) electrons. The molecule has 2 unspecified atom stereocenters. The molecule has 19 heavy (non-hydrogen) atoms. The number of hydrogen-bond acceptors (Lipinski definition) is 3. The second-order valence-corrected chi connectivity index (χ2v) is 5.83. The highest BCUT2D eigenvalue weighted by Crippen LogP contribution is 2.39. The van der Waals surface area contributed by atoms with E-state index in [4.69, 9.17) is 4.74 Å². The van der Waals surface area contributed by atoms with E-state index in [2.05, 4.69) is 35.5 Å². The van der Waals surface area contributed by atoms with Crippen LogP contribution in [0.2, 0.25) is 0 Å². The number of rotatable bonds is 4. The summed E-state index contributed by atoms with van der Waals surface area (Å²) in [6.07, 6.45) is 3.82. The van der Waals surface area contributed by atoms with Gasteiger partial charge in [-0.05, 0) is 68.6 Å². The fourth-order valence-electron chi connectivity index (χ4n) is 3.67. The van der Waals surface area contributed by atoms with Crippen molar-refractivity contribution in [3.05, 3.63) is 29.3 Å². The van der Waals surface area contributed by atoms with E-state index in [0.29, 0.717) is 6.04 Å². The van der Waals surface area contributed by atoms with Crippen molar-refractivity contribution in [2.45, 2.75) is 25.3 Å². The number of nitrogens with zero attached hydrogens (tertiary/aromatic N) is 1. The topological polar surface area (TPSA) is 24.5 Å². The lowest BCUT2D eigenvalue weighted by atomic mass is 10.1. The summed E-state index contributed by atoms with van der Waals surface area (Å²) in [6.45, 7) is 3.63. The summed E-state index contributed by atoms with van der Waals surface area (Å²) in [4.78, 5) is 2.67. The number of nitrogens with one attached hydrogen (secondary N) is 1. The Morgan fingerprint density at radius 1 is 1.37 bits per heavy atom. The SMILES string of the molecule is CNCC1CCN(C2CCc3ccc(OC)cc32)C1. The number of benzene rings is 1. The standard InChI is InChI=1S/C16H24N2O/c1-17-10-12-7-8-18(11-12)16-6-4-13-3-5-14(19-2)9-15(13)16/h3,5,9,12,16-17H,4,6-8,10-11H2,1-2H3. The fraction of sp³-hybridized carbons (Fsp3) is 0.625. The Balaban J connectivity index is 1.75. The highest BCUT2D eigenvalue weighted by molar-refractivity contribution is 5.41. The number of fused-ring (bicyclic) bond motifs is 1. The van der Waals surface area contributed by atoms with Crippen molar-refractivity contribution in [2.24, 2.45) is 5.92 Å². The monoisotopic (exact) mass is 260 g/mol. The smallest absolute Gasteiger partial charge is 0.119 e. The van der Waals surface area contributed by atoms with Crippen molar-refractivity contribution < 1.29 is 4.74 Å². The van der Waals surface area contributed by atoms with Gasteiger partial charge in [0.25, 0.3) is 0 Å². The van der Waals surface area contributed by atoms with Gasteiger partial charge in [-0.3, -0.25) is 4.90 Å². The molecular weight excluding hydrogens is 236 g/mol. The molecule has 2 atom stereocenters. The molecule has 0 amide bonds. The predicted molar refractivity (Wildman–Crippen MR) is 77.7 cm³/mol. The number of likely N-dealkylation sites (tertiary alicyclic amines) is 1. The number of aryl methyl sites for hydroxylation is 1. The molecule has 1 fully saturated rings. The summed E-state index contributed by atoms with van der Waals surface area (Å²) in [5.41, 5.74) is 3.02. The number of methoxy groups -OCH3 is 1. The van der Waals surface area contributed by atoms with E-state index in [0.717, 1.165) is 18.2 Å². The van der Waals surface area contributed by atoms with E-state index in [1.54, 1.807) is 7.11 Å². The van der Waals surface area contributed by atoms with Gasteiger partial charge in [-0.25, -0.2) is 0 Å². The summed E-state index contributed by atoms with van der Waals surface area (Å²) in [5.74, 6) is 1.82. The van der Waals surface area contributed by atoms with E-state index in [-0.39, 0.29) is 0 Å².